The lowest BCUT2D eigenvalue weighted by atomic mass is 9.51. The van der Waals surface area contributed by atoms with Crippen molar-refractivity contribution in [3.8, 4) is 5.75 Å². The SMILES string of the molecule is C[C@]12C[C@@H](CC(=O)O)[C@@H]3c4ccc(O)cc4CC[C@H]3[C@@H]1CCC2=O. The summed E-state index contributed by atoms with van der Waals surface area (Å²) in [6.45, 7) is 2.07. The first-order chi connectivity index (χ1) is 11.4. The van der Waals surface area contributed by atoms with Gasteiger partial charge >= 0.3 is 5.97 Å². The number of phenols is 1. The molecule has 1 aromatic carbocycles. The minimum absolute atomic E-state index is 0.000562. The van der Waals surface area contributed by atoms with Gasteiger partial charge in [-0.3, -0.25) is 9.59 Å². The van der Waals surface area contributed by atoms with Crippen LogP contribution >= 0.6 is 0 Å². The Morgan fingerprint density at radius 1 is 1.29 bits per heavy atom. The van der Waals surface area contributed by atoms with Gasteiger partial charge in [0, 0.05) is 18.3 Å². The van der Waals surface area contributed by atoms with E-state index in [1.54, 1.807) is 6.07 Å². The number of carboxylic acids is 1. The molecule has 4 nitrogen and oxygen atoms in total. The van der Waals surface area contributed by atoms with Gasteiger partial charge in [-0.25, -0.2) is 0 Å². The lowest BCUT2D eigenvalue weighted by Gasteiger charge is -2.52. The number of carbonyl (C=O) groups excluding carboxylic acids is 1. The summed E-state index contributed by atoms with van der Waals surface area (Å²) in [6, 6.07) is 5.53. The molecule has 0 unspecified atom stereocenters. The summed E-state index contributed by atoms with van der Waals surface area (Å²) >= 11 is 0. The van der Waals surface area contributed by atoms with Gasteiger partial charge in [-0.05, 0) is 72.6 Å². The summed E-state index contributed by atoms with van der Waals surface area (Å²) in [4.78, 5) is 24.0. The van der Waals surface area contributed by atoms with Crippen LogP contribution in [0, 0.1) is 23.2 Å². The Labute approximate surface area is 141 Å². The number of carboxylic acid groups (broad SMARTS) is 1. The zero-order chi connectivity index (χ0) is 17.1. The van der Waals surface area contributed by atoms with Gasteiger partial charge in [-0.1, -0.05) is 13.0 Å². The molecule has 0 bridgehead atoms. The van der Waals surface area contributed by atoms with Crippen molar-refractivity contribution in [3.63, 3.8) is 0 Å². The predicted octanol–water partition coefficient (Wildman–Crippen LogP) is 3.52. The average Bonchev–Trinajstić information content (AvgIpc) is 2.81. The van der Waals surface area contributed by atoms with Crippen molar-refractivity contribution in [1.29, 1.82) is 0 Å². The summed E-state index contributed by atoms with van der Waals surface area (Å²) in [6.07, 6.45) is 4.30. The van der Waals surface area contributed by atoms with Crippen LogP contribution in [0.5, 0.6) is 5.75 Å². The van der Waals surface area contributed by atoms with Crippen LogP contribution in [0.25, 0.3) is 0 Å². The van der Waals surface area contributed by atoms with Crippen molar-refractivity contribution < 1.29 is 19.8 Å². The van der Waals surface area contributed by atoms with Gasteiger partial charge in [-0.15, -0.1) is 0 Å². The molecule has 2 saturated carbocycles. The normalized spacial score (nSPS) is 37.5. The highest BCUT2D eigenvalue weighted by Gasteiger charge is 2.57. The van der Waals surface area contributed by atoms with E-state index in [4.69, 9.17) is 0 Å². The van der Waals surface area contributed by atoms with Gasteiger partial charge in [0.05, 0.1) is 0 Å². The number of aliphatic carboxylic acids is 1. The van der Waals surface area contributed by atoms with Gasteiger partial charge < -0.3 is 10.2 Å². The summed E-state index contributed by atoms with van der Waals surface area (Å²) in [5.41, 5.74) is 2.02. The van der Waals surface area contributed by atoms with Gasteiger partial charge in [-0.2, -0.15) is 0 Å². The lowest BCUT2D eigenvalue weighted by molar-refractivity contribution is -0.142. The highest BCUT2D eigenvalue weighted by Crippen LogP contribution is 2.62. The number of aromatic hydroxyl groups is 1. The van der Waals surface area contributed by atoms with E-state index in [2.05, 4.69) is 6.92 Å². The first kappa shape index (κ1) is 15.7. The molecule has 4 rings (SSSR count). The molecule has 128 valence electrons. The second-order valence-electron chi connectivity index (χ2n) is 8.16. The number of phenolic OH excluding ortho intramolecular Hbond substituents is 1. The zero-order valence-electron chi connectivity index (χ0n) is 14.0. The van der Waals surface area contributed by atoms with E-state index in [9.17, 15) is 19.8 Å². The molecule has 1 aromatic rings. The Morgan fingerprint density at radius 2 is 2.08 bits per heavy atom. The van der Waals surface area contributed by atoms with Gasteiger partial charge in [0.25, 0.3) is 0 Å². The molecule has 0 radical (unpaired) electrons. The number of Topliss-reactive ketones (excluding diaryl/α,β-unsaturated/α-hetero) is 1. The fourth-order valence-electron chi connectivity index (χ4n) is 6.07. The number of ketones is 1. The molecular formula is C20H24O4. The number of benzene rings is 1. The number of aryl methyl sites for hydroxylation is 1. The molecule has 24 heavy (non-hydrogen) atoms. The van der Waals surface area contributed by atoms with E-state index in [0.717, 1.165) is 24.8 Å². The van der Waals surface area contributed by atoms with E-state index in [0.29, 0.717) is 30.5 Å². The number of rotatable bonds is 2. The summed E-state index contributed by atoms with van der Waals surface area (Å²) in [5, 5.41) is 19.2. The summed E-state index contributed by atoms with van der Waals surface area (Å²) in [5.74, 6) is 0.793. The van der Waals surface area contributed by atoms with Crippen LogP contribution < -0.4 is 0 Å². The smallest absolute Gasteiger partial charge is 0.303 e. The molecule has 0 amide bonds. The van der Waals surface area contributed by atoms with Crippen LogP contribution in [0.1, 0.15) is 56.1 Å². The molecule has 0 saturated heterocycles. The maximum absolute atomic E-state index is 12.5. The summed E-state index contributed by atoms with van der Waals surface area (Å²) in [7, 11) is 0. The van der Waals surface area contributed by atoms with Gasteiger partial charge in [0.15, 0.2) is 0 Å². The fraction of sp³-hybridized carbons (Fsp3) is 0.600. The van der Waals surface area contributed by atoms with E-state index in [1.165, 1.54) is 5.56 Å². The van der Waals surface area contributed by atoms with Crippen LogP contribution in [-0.2, 0) is 16.0 Å². The molecule has 4 heteroatoms. The Hall–Kier alpha value is -1.84. The number of fused-ring (bicyclic) bond motifs is 5. The molecule has 0 spiro atoms. The van der Waals surface area contributed by atoms with Crippen molar-refractivity contribution in [3.05, 3.63) is 29.3 Å². The Kier molecular flexibility index (Phi) is 3.48. The minimum Gasteiger partial charge on any atom is -0.508 e. The third kappa shape index (κ3) is 2.19. The van der Waals surface area contributed by atoms with Crippen molar-refractivity contribution in [1.82, 2.24) is 0 Å². The molecule has 0 heterocycles. The van der Waals surface area contributed by atoms with Crippen LogP contribution in [0.4, 0.5) is 0 Å². The molecular weight excluding hydrogens is 304 g/mol. The van der Waals surface area contributed by atoms with Crippen LogP contribution in [0.2, 0.25) is 0 Å². The predicted molar refractivity (Wildman–Crippen MR) is 88.9 cm³/mol. The Bertz CT molecular complexity index is 710. The van der Waals surface area contributed by atoms with Crippen LogP contribution in [-0.4, -0.2) is 22.0 Å². The van der Waals surface area contributed by atoms with Crippen molar-refractivity contribution >= 4 is 11.8 Å². The van der Waals surface area contributed by atoms with E-state index >= 15 is 0 Å². The highest BCUT2D eigenvalue weighted by molar-refractivity contribution is 5.87. The van der Waals surface area contributed by atoms with E-state index < -0.39 is 5.97 Å². The maximum Gasteiger partial charge on any atom is 0.303 e. The number of hydrogen-bond donors (Lipinski definition) is 2. The average molecular weight is 328 g/mol. The molecule has 2 fully saturated rings. The third-order valence-corrected chi connectivity index (χ3v) is 6.98. The van der Waals surface area contributed by atoms with E-state index in [-0.39, 0.29) is 29.4 Å². The topological polar surface area (TPSA) is 74.6 Å². The van der Waals surface area contributed by atoms with Crippen LogP contribution in [0.15, 0.2) is 18.2 Å². The molecule has 3 aliphatic rings. The molecule has 0 aliphatic heterocycles. The quantitative estimate of drug-likeness (QED) is 0.871. The monoisotopic (exact) mass is 328 g/mol. The van der Waals surface area contributed by atoms with Crippen molar-refractivity contribution in [2.45, 2.75) is 51.4 Å². The van der Waals surface area contributed by atoms with Gasteiger partial charge in [0.1, 0.15) is 11.5 Å². The standard InChI is InChI=1S/C20H24O4/c1-20-10-12(9-18(23)24)19-14-5-3-13(21)8-11(14)2-4-15(19)16(20)6-7-17(20)22/h3,5,8,12,15-16,19,21H,2,4,6-7,9-10H2,1H3,(H,23,24)/t12-,15+,16+,19-,20+/m1/s1. The molecule has 0 aromatic heterocycles. The minimum atomic E-state index is -0.780. The van der Waals surface area contributed by atoms with Crippen molar-refractivity contribution in [2.24, 2.45) is 23.2 Å². The fourth-order valence-corrected chi connectivity index (χ4v) is 6.07. The largest absolute Gasteiger partial charge is 0.508 e. The Morgan fingerprint density at radius 3 is 2.83 bits per heavy atom. The number of hydrogen-bond acceptors (Lipinski definition) is 3. The maximum atomic E-state index is 12.5. The van der Waals surface area contributed by atoms with Crippen LogP contribution in [0.3, 0.4) is 0 Å². The van der Waals surface area contributed by atoms with Gasteiger partial charge in [0.2, 0.25) is 0 Å². The highest BCUT2D eigenvalue weighted by atomic mass is 16.4. The lowest BCUT2D eigenvalue weighted by Crippen LogP contribution is -2.47. The number of carbonyl (C=O) groups is 2. The third-order valence-electron chi connectivity index (χ3n) is 6.98. The Balaban J connectivity index is 1.79. The first-order valence-electron chi connectivity index (χ1n) is 8.97. The second-order valence-corrected chi connectivity index (χ2v) is 8.16. The molecule has 3 aliphatic carbocycles. The molecule has 2 N–H and O–H groups in total. The second kappa shape index (κ2) is 5.33. The molecule has 5 atom stereocenters. The van der Waals surface area contributed by atoms with E-state index in [1.807, 2.05) is 12.1 Å². The van der Waals surface area contributed by atoms with Crippen molar-refractivity contribution in [2.75, 3.05) is 0 Å². The zero-order valence-corrected chi connectivity index (χ0v) is 14.0. The summed E-state index contributed by atoms with van der Waals surface area (Å²) < 4.78 is 0. The first-order valence-corrected chi connectivity index (χ1v) is 8.97.